The maximum absolute atomic E-state index is 10.3. The molecule has 0 spiro atoms. The zero-order valence-corrected chi connectivity index (χ0v) is 7.92. The summed E-state index contributed by atoms with van der Waals surface area (Å²) in [6, 6.07) is 9.47. The van der Waals surface area contributed by atoms with Gasteiger partial charge in [-0.2, -0.15) is 0 Å². The minimum atomic E-state index is -0.467. The maximum Gasteiger partial charge on any atom is 0.312 e. The number of hydrogen-bond donors (Lipinski definition) is 2. The molecule has 0 saturated carbocycles. The highest BCUT2D eigenvalue weighted by Crippen LogP contribution is 1.97. The van der Waals surface area contributed by atoms with Crippen LogP contribution in [0.2, 0.25) is 0 Å². The fraction of sp³-hybridized carbons (Fsp3) is 0.222. The van der Waals surface area contributed by atoms with Gasteiger partial charge < -0.3 is 23.5 Å². The number of hydrogen-bond acceptors (Lipinski definition) is 1. The second-order valence-corrected chi connectivity index (χ2v) is 2.53. The van der Waals surface area contributed by atoms with Crippen molar-refractivity contribution in [2.75, 3.05) is 6.54 Å². The molecule has 3 N–H and O–H groups in total. The van der Waals surface area contributed by atoms with E-state index in [2.05, 4.69) is 5.32 Å². The third-order valence-corrected chi connectivity index (χ3v) is 1.56. The first-order valence-electron chi connectivity index (χ1n) is 3.86. The Morgan fingerprint density at radius 3 is 2.46 bits per heavy atom. The number of nitrogens with two attached hydrogens (primary N) is 1. The first-order chi connectivity index (χ1) is 5.79. The van der Waals surface area contributed by atoms with Gasteiger partial charge in [-0.25, -0.2) is 4.79 Å². The Hall–Kier alpha value is -1.22. The standard InChI is InChI=1S/C9H12N2O.ClH/c10-9(12)11-7-6-8-4-2-1-3-5-8;/h1-5H,6-7H2,(H3,10,11,12);1H/p-1. The summed E-state index contributed by atoms with van der Waals surface area (Å²) in [4.78, 5) is 10.3. The lowest BCUT2D eigenvalue weighted by atomic mass is 10.1. The zero-order chi connectivity index (χ0) is 8.81. The number of primary amides is 1. The Kier molecular flexibility index (Phi) is 5.72. The van der Waals surface area contributed by atoms with Gasteiger partial charge in [-0.3, -0.25) is 0 Å². The van der Waals surface area contributed by atoms with Crippen molar-refractivity contribution in [3.8, 4) is 0 Å². The van der Waals surface area contributed by atoms with E-state index in [4.69, 9.17) is 5.73 Å². The topological polar surface area (TPSA) is 55.1 Å². The molecule has 0 radical (unpaired) electrons. The van der Waals surface area contributed by atoms with Gasteiger partial charge in [-0.15, -0.1) is 0 Å². The van der Waals surface area contributed by atoms with E-state index < -0.39 is 6.03 Å². The second kappa shape index (κ2) is 6.31. The van der Waals surface area contributed by atoms with Gasteiger partial charge in [0.05, 0.1) is 0 Å². The van der Waals surface area contributed by atoms with Gasteiger partial charge in [-0.1, -0.05) is 30.3 Å². The van der Waals surface area contributed by atoms with E-state index in [0.29, 0.717) is 6.54 Å². The molecule has 0 fully saturated rings. The summed E-state index contributed by atoms with van der Waals surface area (Å²) in [6.07, 6.45) is 0.823. The minimum Gasteiger partial charge on any atom is -1.00 e. The van der Waals surface area contributed by atoms with E-state index in [1.807, 2.05) is 30.3 Å². The Morgan fingerprint density at radius 1 is 1.31 bits per heavy atom. The number of amides is 2. The first-order valence-corrected chi connectivity index (χ1v) is 3.86. The molecule has 13 heavy (non-hydrogen) atoms. The third kappa shape index (κ3) is 5.09. The zero-order valence-electron chi connectivity index (χ0n) is 7.16. The van der Waals surface area contributed by atoms with E-state index in [1.165, 1.54) is 5.56 Å². The average Bonchev–Trinajstić information content (AvgIpc) is 2.05. The van der Waals surface area contributed by atoms with Crippen molar-refractivity contribution in [1.82, 2.24) is 5.32 Å². The number of nitrogens with one attached hydrogen (secondary N) is 1. The summed E-state index contributed by atoms with van der Waals surface area (Å²) < 4.78 is 0. The Balaban J connectivity index is 0.00000144. The lowest BCUT2D eigenvalue weighted by molar-refractivity contribution is -0.00000600. The monoisotopic (exact) mass is 199 g/mol. The van der Waals surface area contributed by atoms with E-state index in [9.17, 15) is 4.79 Å². The van der Waals surface area contributed by atoms with Crippen LogP contribution in [0.25, 0.3) is 0 Å². The summed E-state index contributed by atoms with van der Waals surface area (Å²) in [5.74, 6) is 0. The molecule has 0 unspecified atom stereocenters. The second-order valence-electron chi connectivity index (χ2n) is 2.53. The molecule has 2 amide bonds. The molecule has 0 aliphatic heterocycles. The summed E-state index contributed by atoms with van der Waals surface area (Å²) in [5.41, 5.74) is 6.11. The summed E-state index contributed by atoms with van der Waals surface area (Å²) in [5, 5.41) is 2.53. The molecule has 0 atom stereocenters. The molecule has 0 saturated heterocycles. The Bertz CT molecular complexity index is 251. The molecule has 0 aromatic heterocycles. The first kappa shape index (κ1) is 11.8. The van der Waals surface area contributed by atoms with Crippen LogP contribution in [0, 0.1) is 0 Å². The van der Waals surface area contributed by atoms with Crippen LogP contribution in [-0.2, 0) is 6.42 Å². The summed E-state index contributed by atoms with van der Waals surface area (Å²) in [7, 11) is 0. The smallest absolute Gasteiger partial charge is 0.312 e. The van der Waals surface area contributed by atoms with Crippen LogP contribution in [-0.4, -0.2) is 12.6 Å². The fourth-order valence-corrected chi connectivity index (χ4v) is 0.975. The average molecular weight is 200 g/mol. The molecule has 0 aliphatic rings. The van der Waals surface area contributed by atoms with Crippen LogP contribution >= 0.6 is 0 Å². The van der Waals surface area contributed by atoms with Crippen molar-refractivity contribution in [2.45, 2.75) is 6.42 Å². The van der Waals surface area contributed by atoms with E-state index in [1.54, 1.807) is 0 Å². The number of carbonyl (C=O) groups is 1. The minimum absolute atomic E-state index is 0. The van der Waals surface area contributed by atoms with Crippen LogP contribution < -0.4 is 23.5 Å². The van der Waals surface area contributed by atoms with Gasteiger partial charge in [0.1, 0.15) is 0 Å². The molecular formula is C9H12ClN2O-. The quantitative estimate of drug-likeness (QED) is 0.576. The molecule has 0 heterocycles. The Morgan fingerprint density at radius 2 is 1.92 bits per heavy atom. The number of rotatable bonds is 3. The Labute approximate surface area is 83.7 Å². The van der Waals surface area contributed by atoms with Crippen LogP contribution in [0.1, 0.15) is 5.56 Å². The molecule has 3 nitrogen and oxygen atoms in total. The van der Waals surface area contributed by atoms with Crippen LogP contribution in [0.5, 0.6) is 0 Å². The molecule has 0 aliphatic carbocycles. The molecule has 1 aromatic carbocycles. The number of halogens is 1. The van der Waals surface area contributed by atoms with E-state index in [0.717, 1.165) is 6.42 Å². The van der Waals surface area contributed by atoms with Gasteiger partial charge in [0.15, 0.2) is 0 Å². The number of urea groups is 1. The highest BCUT2D eigenvalue weighted by Gasteiger charge is 1.92. The van der Waals surface area contributed by atoms with E-state index >= 15 is 0 Å². The highest BCUT2D eigenvalue weighted by atomic mass is 35.5. The predicted octanol–water partition coefficient (Wildman–Crippen LogP) is -2.10. The van der Waals surface area contributed by atoms with Gasteiger partial charge >= 0.3 is 6.03 Å². The highest BCUT2D eigenvalue weighted by molar-refractivity contribution is 5.71. The number of carbonyl (C=O) groups excluding carboxylic acids is 1. The molecule has 0 bridgehead atoms. The molecule has 1 rings (SSSR count). The lowest BCUT2D eigenvalue weighted by Crippen LogP contribution is -3.00. The van der Waals surface area contributed by atoms with Crippen LogP contribution in [0.4, 0.5) is 4.79 Å². The van der Waals surface area contributed by atoms with Gasteiger partial charge in [0, 0.05) is 6.54 Å². The fourth-order valence-electron chi connectivity index (χ4n) is 0.975. The van der Waals surface area contributed by atoms with Crippen LogP contribution in [0.15, 0.2) is 30.3 Å². The maximum atomic E-state index is 10.3. The molecule has 1 aromatic rings. The predicted molar refractivity (Wildman–Crippen MR) is 47.7 cm³/mol. The molecular weight excluding hydrogens is 188 g/mol. The van der Waals surface area contributed by atoms with Gasteiger partial charge in [0.25, 0.3) is 0 Å². The SMILES string of the molecule is NC(=O)NCCc1ccccc1.[Cl-]. The third-order valence-electron chi connectivity index (χ3n) is 1.56. The van der Waals surface area contributed by atoms with Crippen molar-refractivity contribution in [3.63, 3.8) is 0 Å². The van der Waals surface area contributed by atoms with Gasteiger partial charge in [-0.05, 0) is 12.0 Å². The van der Waals surface area contributed by atoms with E-state index in [-0.39, 0.29) is 12.4 Å². The summed E-state index contributed by atoms with van der Waals surface area (Å²) in [6.45, 7) is 0.597. The van der Waals surface area contributed by atoms with Crippen molar-refractivity contribution < 1.29 is 17.2 Å². The van der Waals surface area contributed by atoms with Crippen molar-refractivity contribution in [1.29, 1.82) is 0 Å². The molecule has 72 valence electrons. The largest absolute Gasteiger partial charge is 1.00 e. The van der Waals surface area contributed by atoms with Gasteiger partial charge in [0.2, 0.25) is 0 Å². The summed E-state index contributed by atoms with van der Waals surface area (Å²) >= 11 is 0. The number of benzene rings is 1. The van der Waals surface area contributed by atoms with Crippen LogP contribution in [0.3, 0.4) is 0 Å². The van der Waals surface area contributed by atoms with Crippen molar-refractivity contribution in [2.24, 2.45) is 5.73 Å². The van der Waals surface area contributed by atoms with Crippen molar-refractivity contribution in [3.05, 3.63) is 35.9 Å². The molecule has 4 heteroatoms. The normalized spacial score (nSPS) is 8.62. The lowest BCUT2D eigenvalue weighted by Gasteiger charge is -2.00. The van der Waals surface area contributed by atoms with Crippen molar-refractivity contribution >= 4 is 6.03 Å².